The maximum Gasteiger partial charge on any atom is 0.306 e. The Labute approximate surface area is 144 Å². The van der Waals surface area contributed by atoms with E-state index in [4.69, 9.17) is 0 Å². The number of β-amino-alcohol motifs (C(OH)–C–C–N with tert-alkyl or cyclic N) is 1. The Kier molecular flexibility index (Phi) is 5.06. The second-order valence-corrected chi connectivity index (χ2v) is 7.44. The van der Waals surface area contributed by atoms with Crippen LogP contribution >= 0.6 is 11.8 Å². The van der Waals surface area contributed by atoms with Gasteiger partial charge in [0.05, 0.1) is 23.3 Å². The minimum Gasteiger partial charge on any atom is -0.389 e. The molecule has 1 aromatic carbocycles. The number of rotatable bonds is 5. The van der Waals surface area contributed by atoms with E-state index in [1.807, 2.05) is 23.9 Å². The SMILES string of the molecule is C[C@@H]1CCN(C[C@H](O)Cn2cc([N+](=O)[O-])cn2)c2ccccc2S1. The van der Waals surface area contributed by atoms with Crippen LogP contribution in [0.5, 0.6) is 0 Å². The average Bonchev–Trinajstić information content (AvgIpc) is 2.94. The number of nitro groups is 1. The molecule has 0 bridgehead atoms. The Morgan fingerprint density at radius 1 is 1.46 bits per heavy atom. The number of benzene rings is 1. The van der Waals surface area contributed by atoms with Crippen LogP contribution in [0.1, 0.15) is 13.3 Å². The molecule has 0 amide bonds. The third kappa shape index (κ3) is 3.88. The van der Waals surface area contributed by atoms with Gasteiger partial charge < -0.3 is 10.0 Å². The van der Waals surface area contributed by atoms with Crippen molar-refractivity contribution < 1.29 is 10.0 Å². The topological polar surface area (TPSA) is 84.4 Å². The smallest absolute Gasteiger partial charge is 0.306 e. The number of hydrogen-bond donors (Lipinski definition) is 1. The van der Waals surface area contributed by atoms with Crippen LogP contribution in [-0.2, 0) is 6.54 Å². The molecule has 1 aliphatic heterocycles. The van der Waals surface area contributed by atoms with Gasteiger partial charge in [0.25, 0.3) is 0 Å². The highest BCUT2D eigenvalue weighted by atomic mass is 32.2. The van der Waals surface area contributed by atoms with Crippen LogP contribution < -0.4 is 4.90 Å². The van der Waals surface area contributed by atoms with Crippen LogP contribution in [-0.4, -0.2) is 44.3 Å². The summed E-state index contributed by atoms with van der Waals surface area (Å²) in [6.07, 6.45) is 2.93. The lowest BCUT2D eigenvalue weighted by atomic mass is 10.2. The molecule has 1 aliphatic rings. The summed E-state index contributed by atoms with van der Waals surface area (Å²) in [6, 6.07) is 8.22. The summed E-state index contributed by atoms with van der Waals surface area (Å²) in [5.74, 6) is 0. The lowest BCUT2D eigenvalue weighted by molar-refractivity contribution is -0.385. The van der Waals surface area contributed by atoms with Gasteiger partial charge in [0, 0.05) is 23.2 Å². The fourth-order valence-electron chi connectivity index (χ4n) is 2.82. The minimum absolute atomic E-state index is 0.0625. The molecule has 1 N–H and O–H groups in total. The van der Waals surface area contributed by atoms with E-state index in [0.717, 1.165) is 18.7 Å². The molecule has 0 fully saturated rings. The van der Waals surface area contributed by atoms with E-state index in [1.165, 1.54) is 22.0 Å². The first-order valence-corrected chi connectivity index (χ1v) is 8.76. The van der Waals surface area contributed by atoms with Gasteiger partial charge in [0.15, 0.2) is 0 Å². The van der Waals surface area contributed by atoms with Crippen LogP contribution in [0.3, 0.4) is 0 Å². The first-order chi connectivity index (χ1) is 11.5. The molecule has 8 heteroatoms. The first kappa shape index (κ1) is 16.8. The number of nitrogens with zero attached hydrogens (tertiary/aromatic N) is 4. The summed E-state index contributed by atoms with van der Waals surface area (Å²) in [4.78, 5) is 13.6. The van der Waals surface area contributed by atoms with E-state index in [0.29, 0.717) is 11.8 Å². The molecular formula is C16H20N4O3S. The second-order valence-electron chi connectivity index (χ2n) is 5.96. The molecule has 0 saturated heterocycles. The van der Waals surface area contributed by atoms with E-state index in [1.54, 1.807) is 0 Å². The molecule has 128 valence electrons. The molecule has 7 nitrogen and oxygen atoms in total. The van der Waals surface area contributed by atoms with Crippen LogP contribution in [0.25, 0.3) is 0 Å². The van der Waals surface area contributed by atoms with Crippen molar-refractivity contribution >= 4 is 23.1 Å². The Balaban J connectivity index is 1.69. The fraction of sp³-hybridized carbons (Fsp3) is 0.438. The Morgan fingerprint density at radius 2 is 2.25 bits per heavy atom. The summed E-state index contributed by atoms with van der Waals surface area (Å²) in [5.41, 5.74) is 1.07. The van der Waals surface area contributed by atoms with E-state index >= 15 is 0 Å². The fourth-order valence-corrected chi connectivity index (χ4v) is 3.95. The maximum absolute atomic E-state index is 10.7. The van der Waals surface area contributed by atoms with Gasteiger partial charge in [-0.05, 0) is 18.6 Å². The van der Waals surface area contributed by atoms with Crippen LogP contribution in [0.2, 0.25) is 0 Å². The predicted molar refractivity (Wildman–Crippen MR) is 93.5 cm³/mol. The van der Waals surface area contributed by atoms with Gasteiger partial charge in [-0.15, -0.1) is 11.8 Å². The highest BCUT2D eigenvalue weighted by molar-refractivity contribution is 8.00. The zero-order valence-electron chi connectivity index (χ0n) is 13.4. The molecule has 0 unspecified atom stereocenters. The monoisotopic (exact) mass is 348 g/mol. The van der Waals surface area contributed by atoms with E-state index in [-0.39, 0.29) is 12.2 Å². The molecule has 1 aromatic heterocycles. The lowest BCUT2D eigenvalue weighted by Gasteiger charge is -2.27. The normalized spacial score (nSPS) is 18.8. The van der Waals surface area contributed by atoms with Crippen molar-refractivity contribution in [2.75, 3.05) is 18.0 Å². The number of fused-ring (bicyclic) bond motifs is 1. The summed E-state index contributed by atoms with van der Waals surface area (Å²) in [6.45, 7) is 3.79. The maximum atomic E-state index is 10.7. The molecular weight excluding hydrogens is 328 g/mol. The molecule has 0 spiro atoms. The van der Waals surface area contributed by atoms with Crippen LogP contribution in [0, 0.1) is 10.1 Å². The van der Waals surface area contributed by atoms with Gasteiger partial charge in [-0.25, -0.2) is 0 Å². The highest BCUT2D eigenvalue weighted by Gasteiger charge is 2.22. The van der Waals surface area contributed by atoms with E-state index < -0.39 is 11.0 Å². The molecule has 0 saturated carbocycles. The Morgan fingerprint density at radius 3 is 3.00 bits per heavy atom. The summed E-state index contributed by atoms with van der Waals surface area (Å²) in [5, 5.41) is 25.6. The number of thioether (sulfide) groups is 1. The van der Waals surface area contributed by atoms with Crippen molar-refractivity contribution in [1.29, 1.82) is 0 Å². The van der Waals surface area contributed by atoms with Crippen molar-refractivity contribution in [1.82, 2.24) is 9.78 Å². The number of para-hydroxylation sites is 1. The average molecular weight is 348 g/mol. The van der Waals surface area contributed by atoms with Crippen molar-refractivity contribution in [2.45, 2.75) is 36.1 Å². The number of aromatic nitrogens is 2. The van der Waals surface area contributed by atoms with Gasteiger partial charge >= 0.3 is 5.69 Å². The van der Waals surface area contributed by atoms with Crippen molar-refractivity contribution in [3.8, 4) is 0 Å². The van der Waals surface area contributed by atoms with Crippen molar-refractivity contribution in [2.24, 2.45) is 0 Å². The first-order valence-electron chi connectivity index (χ1n) is 7.88. The largest absolute Gasteiger partial charge is 0.389 e. The molecule has 3 rings (SSSR count). The summed E-state index contributed by atoms with van der Waals surface area (Å²) < 4.78 is 1.42. The van der Waals surface area contributed by atoms with Crippen molar-refractivity contribution in [3.05, 3.63) is 46.8 Å². The number of hydrogen-bond acceptors (Lipinski definition) is 6. The molecule has 24 heavy (non-hydrogen) atoms. The Bertz CT molecular complexity index is 721. The number of aliphatic hydroxyl groups excluding tert-OH is 1. The Hall–Kier alpha value is -2.06. The van der Waals surface area contributed by atoms with E-state index in [2.05, 4.69) is 29.1 Å². The second kappa shape index (κ2) is 7.23. The van der Waals surface area contributed by atoms with Gasteiger partial charge in [-0.2, -0.15) is 5.10 Å². The summed E-state index contributed by atoms with van der Waals surface area (Å²) in [7, 11) is 0. The summed E-state index contributed by atoms with van der Waals surface area (Å²) >= 11 is 1.86. The third-order valence-electron chi connectivity index (χ3n) is 4.00. The zero-order valence-corrected chi connectivity index (χ0v) is 14.2. The molecule has 2 heterocycles. The molecule has 2 aromatic rings. The quantitative estimate of drug-likeness (QED) is 0.660. The minimum atomic E-state index is -0.657. The van der Waals surface area contributed by atoms with Gasteiger partial charge in [-0.1, -0.05) is 19.1 Å². The van der Waals surface area contributed by atoms with Crippen molar-refractivity contribution in [3.63, 3.8) is 0 Å². The zero-order chi connectivity index (χ0) is 17.1. The van der Waals surface area contributed by atoms with Gasteiger partial charge in [0.2, 0.25) is 0 Å². The standard InChI is InChI=1S/C16H20N4O3S/c1-12-6-7-18(15-4-2-3-5-16(15)24-12)10-14(21)11-19-9-13(8-17-19)20(22)23/h2-5,8-9,12,14,21H,6-7,10-11H2,1H3/t12-,14+/m1/s1. The molecule has 0 aliphatic carbocycles. The van der Waals surface area contributed by atoms with Gasteiger partial charge in [0.1, 0.15) is 12.4 Å². The molecule has 2 atom stereocenters. The molecule has 0 radical (unpaired) electrons. The number of aliphatic hydroxyl groups is 1. The number of anilines is 1. The third-order valence-corrected chi connectivity index (χ3v) is 5.24. The van der Waals surface area contributed by atoms with Gasteiger partial charge in [-0.3, -0.25) is 14.8 Å². The lowest BCUT2D eigenvalue weighted by Crippen LogP contribution is -2.35. The van der Waals surface area contributed by atoms with Crippen LogP contribution in [0.4, 0.5) is 11.4 Å². The predicted octanol–water partition coefficient (Wildman–Crippen LogP) is 2.54. The van der Waals surface area contributed by atoms with E-state index in [9.17, 15) is 15.2 Å². The van der Waals surface area contributed by atoms with Crippen LogP contribution in [0.15, 0.2) is 41.6 Å². The highest BCUT2D eigenvalue weighted by Crippen LogP contribution is 2.37.